The van der Waals surface area contributed by atoms with E-state index in [0.29, 0.717) is 16.0 Å². The highest BCUT2D eigenvalue weighted by Gasteiger charge is 2.13. The predicted octanol–water partition coefficient (Wildman–Crippen LogP) is 3.82. The summed E-state index contributed by atoms with van der Waals surface area (Å²) in [6, 6.07) is 14.1. The first-order valence-corrected chi connectivity index (χ1v) is 8.52. The van der Waals surface area contributed by atoms with E-state index in [1.807, 2.05) is 24.3 Å². The van der Waals surface area contributed by atoms with E-state index in [2.05, 4.69) is 5.32 Å². The molecule has 1 heterocycles. The predicted molar refractivity (Wildman–Crippen MR) is 95.1 cm³/mol. The van der Waals surface area contributed by atoms with E-state index in [4.69, 9.17) is 4.74 Å². The zero-order valence-electron chi connectivity index (χ0n) is 13.5. The van der Waals surface area contributed by atoms with Crippen molar-refractivity contribution < 1.29 is 18.7 Å². The van der Waals surface area contributed by atoms with Gasteiger partial charge >= 0.3 is 5.97 Å². The summed E-state index contributed by atoms with van der Waals surface area (Å²) in [5.41, 5.74) is 1.19. The van der Waals surface area contributed by atoms with Gasteiger partial charge in [-0.05, 0) is 41.6 Å². The number of amides is 1. The standard InChI is InChI=1S/C19H16FNO3S/c1-12-6-7-13(8-15(12)20)10-21-18(22)11-24-19(23)17-9-14-4-2-3-5-16(14)25-17/h2-9H,10-11H2,1H3,(H,21,22). The quantitative estimate of drug-likeness (QED) is 0.706. The van der Waals surface area contributed by atoms with E-state index < -0.39 is 11.9 Å². The average Bonchev–Trinajstić information content (AvgIpc) is 3.05. The first-order chi connectivity index (χ1) is 12.0. The number of rotatable bonds is 5. The first-order valence-electron chi connectivity index (χ1n) is 7.70. The van der Waals surface area contributed by atoms with Gasteiger partial charge in [-0.2, -0.15) is 0 Å². The molecule has 0 spiro atoms. The third-order valence-corrected chi connectivity index (χ3v) is 4.78. The number of esters is 1. The molecule has 4 nitrogen and oxygen atoms in total. The number of aryl methyl sites for hydroxylation is 1. The highest BCUT2D eigenvalue weighted by atomic mass is 32.1. The molecule has 1 aromatic heterocycles. The third-order valence-electron chi connectivity index (χ3n) is 3.69. The molecule has 0 unspecified atom stereocenters. The smallest absolute Gasteiger partial charge is 0.348 e. The molecule has 25 heavy (non-hydrogen) atoms. The van der Waals surface area contributed by atoms with Crippen LogP contribution in [0.5, 0.6) is 0 Å². The molecular formula is C19H16FNO3S. The Balaban J connectivity index is 1.51. The number of halogens is 1. The van der Waals surface area contributed by atoms with Gasteiger partial charge in [-0.15, -0.1) is 11.3 Å². The highest BCUT2D eigenvalue weighted by molar-refractivity contribution is 7.20. The van der Waals surface area contributed by atoms with E-state index in [1.165, 1.54) is 17.4 Å². The summed E-state index contributed by atoms with van der Waals surface area (Å²) in [7, 11) is 0. The second-order valence-corrected chi connectivity index (χ2v) is 6.67. The van der Waals surface area contributed by atoms with Gasteiger partial charge in [0.15, 0.2) is 6.61 Å². The maximum Gasteiger partial charge on any atom is 0.348 e. The second kappa shape index (κ2) is 7.44. The molecule has 0 radical (unpaired) electrons. The molecule has 0 saturated heterocycles. The maximum absolute atomic E-state index is 13.5. The van der Waals surface area contributed by atoms with Gasteiger partial charge in [0.25, 0.3) is 5.91 Å². The molecule has 3 rings (SSSR count). The fourth-order valence-electron chi connectivity index (χ4n) is 2.28. The Hall–Kier alpha value is -2.73. The number of benzene rings is 2. The van der Waals surface area contributed by atoms with Crippen LogP contribution in [0.25, 0.3) is 10.1 Å². The van der Waals surface area contributed by atoms with E-state index in [0.717, 1.165) is 10.1 Å². The highest BCUT2D eigenvalue weighted by Crippen LogP contribution is 2.25. The van der Waals surface area contributed by atoms with Crippen molar-refractivity contribution in [1.82, 2.24) is 5.32 Å². The molecule has 1 amide bonds. The number of thiophene rings is 1. The minimum Gasteiger partial charge on any atom is -0.451 e. The third kappa shape index (κ3) is 4.22. The van der Waals surface area contributed by atoms with Crippen LogP contribution in [0.4, 0.5) is 4.39 Å². The minimum absolute atomic E-state index is 0.177. The SMILES string of the molecule is Cc1ccc(CNC(=O)COC(=O)c2cc3ccccc3s2)cc1F. The number of hydrogen-bond donors (Lipinski definition) is 1. The van der Waals surface area contributed by atoms with Crippen LogP contribution >= 0.6 is 11.3 Å². The number of fused-ring (bicyclic) bond motifs is 1. The van der Waals surface area contributed by atoms with Gasteiger partial charge < -0.3 is 10.1 Å². The molecular weight excluding hydrogens is 341 g/mol. The molecule has 128 valence electrons. The molecule has 6 heteroatoms. The van der Waals surface area contributed by atoms with Crippen molar-refractivity contribution in [2.45, 2.75) is 13.5 Å². The van der Waals surface area contributed by atoms with Gasteiger partial charge in [0, 0.05) is 11.2 Å². The van der Waals surface area contributed by atoms with E-state index in [-0.39, 0.29) is 19.0 Å². The van der Waals surface area contributed by atoms with Crippen molar-refractivity contribution in [1.29, 1.82) is 0 Å². The number of hydrogen-bond acceptors (Lipinski definition) is 4. The lowest BCUT2D eigenvalue weighted by molar-refractivity contribution is -0.124. The van der Waals surface area contributed by atoms with Crippen molar-refractivity contribution in [3.63, 3.8) is 0 Å². The molecule has 0 fully saturated rings. The van der Waals surface area contributed by atoms with E-state index in [9.17, 15) is 14.0 Å². The Bertz CT molecular complexity index is 902. The zero-order chi connectivity index (χ0) is 17.8. The van der Waals surface area contributed by atoms with Crippen LogP contribution in [0, 0.1) is 12.7 Å². The van der Waals surface area contributed by atoms with Gasteiger partial charge in [0.1, 0.15) is 10.7 Å². The summed E-state index contributed by atoms with van der Waals surface area (Å²) < 4.78 is 19.5. The zero-order valence-corrected chi connectivity index (χ0v) is 14.4. The number of ether oxygens (including phenoxy) is 1. The molecule has 0 saturated carbocycles. The van der Waals surface area contributed by atoms with Gasteiger partial charge in [-0.3, -0.25) is 4.79 Å². The maximum atomic E-state index is 13.5. The van der Waals surface area contributed by atoms with Crippen molar-refractivity contribution in [2.24, 2.45) is 0 Å². The van der Waals surface area contributed by atoms with Crippen LogP contribution in [-0.4, -0.2) is 18.5 Å². The van der Waals surface area contributed by atoms with Crippen LogP contribution in [0.1, 0.15) is 20.8 Å². The molecule has 0 aliphatic carbocycles. The Morgan fingerprint density at radius 3 is 2.72 bits per heavy atom. The molecule has 1 N–H and O–H groups in total. The van der Waals surface area contributed by atoms with Gasteiger partial charge in [0.05, 0.1) is 0 Å². The van der Waals surface area contributed by atoms with Crippen molar-refractivity contribution >= 4 is 33.3 Å². The fourth-order valence-corrected chi connectivity index (χ4v) is 3.24. The van der Waals surface area contributed by atoms with Crippen LogP contribution < -0.4 is 5.32 Å². The summed E-state index contributed by atoms with van der Waals surface area (Å²) >= 11 is 1.32. The Morgan fingerprint density at radius 2 is 1.96 bits per heavy atom. The fraction of sp³-hybridized carbons (Fsp3) is 0.158. The number of carbonyl (C=O) groups is 2. The first kappa shape index (κ1) is 17.1. The molecule has 3 aromatic rings. The van der Waals surface area contributed by atoms with Crippen LogP contribution in [0.3, 0.4) is 0 Å². The van der Waals surface area contributed by atoms with Crippen LogP contribution in [-0.2, 0) is 16.1 Å². The van der Waals surface area contributed by atoms with Gasteiger partial charge in [-0.1, -0.05) is 30.3 Å². The van der Waals surface area contributed by atoms with Gasteiger partial charge in [0.2, 0.25) is 0 Å². The second-order valence-electron chi connectivity index (χ2n) is 5.58. The minimum atomic E-state index is -0.530. The van der Waals surface area contributed by atoms with Crippen molar-refractivity contribution in [2.75, 3.05) is 6.61 Å². The molecule has 0 aliphatic heterocycles. The monoisotopic (exact) mass is 357 g/mol. The van der Waals surface area contributed by atoms with Crippen LogP contribution in [0.2, 0.25) is 0 Å². The lowest BCUT2D eigenvalue weighted by atomic mass is 10.1. The van der Waals surface area contributed by atoms with E-state index >= 15 is 0 Å². The molecule has 0 atom stereocenters. The topological polar surface area (TPSA) is 55.4 Å². The summed E-state index contributed by atoms with van der Waals surface area (Å²) in [5.74, 6) is -1.28. The normalized spacial score (nSPS) is 10.6. The van der Waals surface area contributed by atoms with Crippen molar-refractivity contribution in [3.8, 4) is 0 Å². The molecule has 2 aromatic carbocycles. The van der Waals surface area contributed by atoms with E-state index in [1.54, 1.807) is 25.1 Å². The Labute approximate surface area is 148 Å². The summed E-state index contributed by atoms with van der Waals surface area (Å²) in [5, 5.41) is 3.56. The molecule has 0 bridgehead atoms. The van der Waals surface area contributed by atoms with Crippen LogP contribution in [0.15, 0.2) is 48.5 Å². The lowest BCUT2D eigenvalue weighted by Crippen LogP contribution is -2.28. The summed E-state index contributed by atoms with van der Waals surface area (Å²) in [4.78, 5) is 24.3. The summed E-state index contributed by atoms with van der Waals surface area (Å²) in [6.07, 6.45) is 0. The molecule has 0 aliphatic rings. The average molecular weight is 357 g/mol. The lowest BCUT2D eigenvalue weighted by Gasteiger charge is -2.07. The van der Waals surface area contributed by atoms with Crippen molar-refractivity contribution in [3.05, 3.63) is 70.4 Å². The van der Waals surface area contributed by atoms with Gasteiger partial charge in [-0.25, -0.2) is 9.18 Å². The number of nitrogens with one attached hydrogen (secondary N) is 1. The Morgan fingerprint density at radius 1 is 1.16 bits per heavy atom. The Kier molecular flexibility index (Phi) is 5.09. The largest absolute Gasteiger partial charge is 0.451 e. The summed E-state index contributed by atoms with van der Waals surface area (Å²) in [6.45, 7) is 1.48. The number of carbonyl (C=O) groups excluding carboxylic acids is 2.